The predicted octanol–water partition coefficient (Wildman–Crippen LogP) is 12.2. The van der Waals surface area contributed by atoms with Crippen LogP contribution in [0.4, 0.5) is 0 Å². The molecule has 0 fully saturated rings. The second kappa shape index (κ2) is 11.9. The molecular formula is C50H32N6. The molecule has 0 amide bonds. The van der Waals surface area contributed by atoms with Gasteiger partial charge in [-0.2, -0.15) is 0 Å². The van der Waals surface area contributed by atoms with E-state index in [4.69, 9.17) is 9.97 Å². The number of aromatic nitrogens is 6. The first-order chi connectivity index (χ1) is 27.8. The molecule has 0 spiro atoms. The molecule has 262 valence electrons. The molecule has 56 heavy (non-hydrogen) atoms. The molecule has 12 aromatic rings. The molecule has 6 heteroatoms. The molecule has 5 heterocycles. The van der Waals surface area contributed by atoms with Crippen LogP contribution in [0, 0.1) is 0 Å². The van der Waals surface area contributed by atoms with Crippen molar-refractivity contribution >= 4 is 65.7 Å². The van der Waals surface area contributed by atoms with Crippen LogP contribution in [0.5, 0.6) is 0 Å². The van der Waals surface area contributed by atoms with E-state index in [1.807, 2.05) is 18.5 Å². The standard InChI is InChI=1S/C50H32N6/c1-3-16-34(17-4-1)53-42-24-11-7-20-38(42)46-40-22-9-13-26-44(40)55(49(46)53)36-30-33(48-51-28-15-29-52-48)31-37(32-36)56-45-27-14-10-23-41(45)47-39-21-8-12-25-43(39)54(50(47)56)35-18-5-2-6-19-35/h1-32H. The Hall–Kier alpha value is -7.70. The molecule has 0 N–H and O–H groups in total. The average Bonchev–Trinajstić information content (AvgIpc) is 3.99. The van der Waals surface area contributed by atoms with Gasteiger partial charge in [0.1, 0.15) is 11.3 Å². The van der Waals surface area contributed by atoms with Gasteiger partial charge in [0.2, 0.25) is 0 Å². The lowest BCUT2D eigenvalue weighted by Gasteiger charge is -2.17. The van der Waals surface area contributed by atoms with Crippen molar-refractivity contribution < 1.29 is 0 Å². The number of rotatable bonds is 5. The van der Waals surface area contributed by atoms with E-state index in [1.54, 1.807) is 0 Å². The van der Waals surface area contributed by atoms with E-state index < -0.39 is 0 Å². The normalized spacial score (nSPS) is 11.9. The summed E-state index contributed by atoms with van der Waals surface area (Å²) in [7, 11) is 0. The van der Waals surface area contributed by atoms with Gasteiger partial charge in [-0.05, 0) is 72.8 Å². The van der Waals surface area contributed by atoms with E-state index >= 15 is 0 Å². The highest BCUT2D eigenvalue weighted by molar-refractivity contribution is 6.23. The average molecular weight is 717 g/mol. The molecule has 0 saturated carbocycles. The fraction of sp³-hybridized carbons (Fsp3) is 0. The van der Waals surface area contributed by atoms with E-state index in [0.717, 1.165) is 61.7 Å². The van der Waals surface area contributed by atoms with Crippen molar-refractivity contribution in [3.63, 3.8) is 0 Å². The van der Waals surface area contributed by atoms with Crippen LogP contribution >= 0.6 is 0 Å². The van der Waals surface area contributed by atoms with Crippen LogP contribution in [0.1, 0.15) is 0 Å². The van der Waals surface area contributed by atoms with Crippen molar-refractivity contribution in [2.75, 3.05) is 0 Å². The van der Waals surface area contributed by atoms with E-state index in [9.17, 15) is 0 Å². The van der Waals surface area contributed by atoms with Crippen molar-refractivity contribution in [2.24, 2.45) is 0 Å². The molecule has 7 aromatic carbocycles. The van der Waals surface area contributed by atoms with Gasteiger partial charge in [-0.25, -0.2) is 9.97 Å². The zero-order chi connectivity index (χ0) is 36.7. The summed E-state index contributed by atoms with van der Waals surface area (Å²) in [6.45, 7) is 0. The van der Waals surface area contributed by atoms with Crippen LogP contribution in [-0.2, 0) is 0 Å². The molecule has 0 aliphatic rings. The lowest BCUT2D eigenvalue weighted by molar-refractivity contribution is 1.04. The van der Waals surface area contributed by atoms with Gasteiger partial charge >= 0.3 is 0 Å². The lowest BCUT2D eigenvalue weighted by atomic mass is 10.1. The Bertz CT molecular complexity index is 3250. The van der Waals surface area contributed by atoms with Gasteiger partial charge < -0.3 is 0 Å². The van der Waals surface area contributed by atoms with Crippen molar-refractivity contribution in [3.05, 3.63) is 194 Å². The van der Waals surface area contributed by atoms with Crippen molar-refractivity contribution in [3.8, 4) is 34.1 Å². The number of benzene rings is 7. The number of hydrogen-bond donors (Lipinski definition) is 0. The molecule has 0 atom stereocenters. The minimum atomic E-state index is 0.670. The summed E-state index contributed by atoms with van der Waals surface area (Å²) >= 11 is 0. The Morgan fingerprint density at radius 1 is 0.304 bits per heavy atom. The summed E-state index contributed by atoms with van der Waals surface area (Å²) in [5, 5.41) is 7.29. The van der Waals surface area contributed by atoms with E-state index in [-0.39, 0.29) is 0 Å². The lowest BCUT2D eigenvalue weighted by Crippen LogP contribution is -2.05. The van der Waals surface area contributed by atoms with Gasteiger partial charge in [0.15, 0.2) is 5.82 Å². The Labute approximate surface area is 321 Å². The molecule has 12 rings (SSSR count). The number of nitrogens with zero attached hydrogens (tertiary/aromatic N) is 6. The van der Waals surface area contributed by atoms with Gasteiger partial charge in [0.25, 0.3) is 0 Å². The SMILES string of the molecule is c1ccc(-n2c3ccccc3c3c4ccccc4n(-c4cc(-c5ncccn5)cc(-n5c6ccccc6c6c7ccccc7n(-c7ccccc7)c65)c4)c32)cc1. The number of fused-ring (bicyclic) bond motifs is 10. The zero-order valence-corrected chi connectivity index (χ0v) is 30.2. The van der Waals surface area contributed by atoms with E-state index in [0.29, 0.717) is 5.82 Å². The van der Waals surface area contributed by atoms with Crippen molar-refractivity contribution in [2.45, 2.75) is 0 Å². The third-order valence-corrected chi connectivity index (χ3v) is 11.2. The first-order valence-electron chi connectivity index (χ1n) is 18.9. The molecule has 0 aliphatic carbocycles. The Morgan fingerprint density at radius 2 is 0.643 bits per heavy atom. The minimum absolute atomic E-state index is 0.670. The first-order valence-corrected chi connectivity index (χ1v) is 18.9. The second-order valence-electron chi connectivity index (χ2n) is 14.3. The molecular weight excluding hydrogens is 685 g/mol. The third kappa shape index (κ3) is 4.32. The van der Waals surface area contributed by atoms with Crippen LogP contribution in [0.25, 0.3) is 99.8 Å². The Morgan fingerprint density at radius 3 is 1.04 bits per heavy atom. The summed E-state index contributed by atoms with van der Waals surface area (Å²) in [4.78, 5) is 9.61. The van der Waals surface area contributed by atoms with Gasteiger partial charge in [0, 0.05) is 61.6 Å². The van der Waals surface area contributed by atoms with Crippen molar-refractivity contribution in [1.82, 2.24) is 28.2 Å². The largest absolute Gasteiger partial charge is 0.295 e. The Kier molecular flexibility index (Phi) is 6.53. The van der Waals surface area contributed by atoms with E-state index in [1.165, 1.54) is 32.3 Å². The maximum absolute atomic E-state index is 4.80. The fourth-order valence-electron chi connectivity index (χ4n) is 9.03. The summed E-state index contributed by atoms with van der Waals surface area (Å²) < 4.78 is 9.69. The summed E-state index contributed by atoms with van der Waals surface area (Å²) in [6, 6.07) is 65.1. The highest BCUT2D eigenvalue weighted by Crippen LogP contribution is 2.44. The van der Waals surface area contributed by atoms with Gasteiger partial charge in [-0.1, -0.05) is 109 Å². The molecule has 0 radical (unpaired) electrons. The van der Waals surface area contributed by atoms with Crippen LogP contribution in [-0.4, -0.2) is 28.2 Å². The second-order valence-corrected chi connectivity index (χ2v) is 14.3. The van der Waals surface area contributed by atoms with Crippen LogP contribution in [0.2, 0.25) is 0 Å². The van der Waals surface area contributed by atoms with E-state index in [2.05, 4.69) is 194 Å². The minimum Gasteiger partial charge on any atom is -0.295 e. The molecule has 6 nitrogen and oxygen atoms in total. The third-order valence-electron chi connectivity index (χ3n) is 11.2. The van der Waals surface area contributed by atoms with Gasteiger partial charge in [-0.15, -0.1) is 0 Å². The smallest absolute Gasteiger partial charge is 0.159 e. The molecule has 5 aromatic heterocycles. The summed E-state index contributed by atoms with van der Waals surface area (Å²) in [5.41, 5.74) is 12.0. The molecule has 0 aliphatic heterocycles. The number of para-hydroxylation sites is 6. The Balaban J connectivity index is 1.27. The van der Waals surface area contributed by atoms with Gasteiger partial charge in [0.05, 0.1) is 33.4 Å². The molecule has 0 bridgehead atoms. The maximum Gasteiger partial charge on any atom is 0.159 e. The maximum atomic E-state index is 4.80. The highest BCUT2D eigenvalue weighted by Gasteiger charge is 2.25. The molecule has 0 unspecified atom stereocenters. The monoisotopic (exact) mass is 716 g/mol. The van der Waals surface area contributed by atoms with Crippen LogP contribution in [0.3, 0.4) is 0 Å². The van der Waals surface area contributed by atoms with Crippen molar-refractivity contribution in [1.29, 1.82) is 0 Å². The van der Waals surface area contributed by atoms with Gasteiger partial charge in [-0.3, -0.25) is 18.3 Å². The molecule has 0 saturated heterocycles. The van der Waals surface area contributed by atoms with Crippen LogP contribution < -0.4 is 0 Å². The number of hydrogen-bond acceptors (Lipinski definition) is 2. The zero-order valence-electron chi connectivity index (χ0n) is 30.2. The van der Waals surface area contributed by atoms with Crippen LogP contribution in [0.15, 0.2) is 194 Å². The summed E-state index contributed by atoms with van der Waals surface area (Å²) in [6.07, 6.45) is 3.64. The predicted molar refractivity (Wildman–Crippen MR) is 230 cm³/mol. The first kappa shape index (κ1) is 30.7. The highest BCUT2D eigenvalue weighted by atomic mass is 15.2. The fourth-order valence-corrected chi connectivity index (χ4v) is 9.03. The topological polar surface area (TPSA) is 45.5 Å². The summed E-state index contributed by atoms with van der Waals surface area (Å²) in [5.74, 6) is 0.670. The quantitative estimate of drug-likeness (QED) is 0.178.